The average Bonchev–Trinajstić information content (AvgIpc) is 3.40. The summed E-state index contributed by atoms with van der Waals surface area (Å²) in [6.07, 6.45) is 5.85. The standard InChI is InChI=1S/C27H24N2O6/c1-3-33-22-10-6-19(7-11-22)9-13-26(30)35-24-12-8-20(16-25(24)32-2)15-21(17-28)27(31)29-18-23-5-4-14-34-23/h4-16H,3,18H2,1-2H3,(H,29,31)/b13-9+,21-15+. The molecule has 3 aromatic rings. The number of amides is 1. The number of furan rings is 1. The number of carbonyl (C=O) groups is 2. The van der Waals surface area contributed by atoms with Gasteiger partial charge in [-0.15, -0.1) is 0 Å². The Morgan fingerprint density at radius 2 is 1.86 bits per heavy atom. The molecule has 0 saturated carbocycles. The van der Waals surface area contributed by atoms with Crippen LogP contribution in [-0.2, 0) is 16.1 Å². The van der Waals surface area contributed by atoms with Gasteiger partial charge >= 0.3 is 5.97 Å². The zero-order valence-corrected chi connectivity index (χ0v) is 19.3. The highest BCUT2D eigenvalue weighted by Gasteiger charge is 2.12. The van der Waals surface area contributed by atoms with Crippen molar-refractivity contribution < 1.29 is 28.2 Å². The van der Waals surface area contributed by atoms with Crippen LogP contribution in [0.25, 0.3) is 12.2 Å². The normalized spacial score (nSPS) is 11.1. The highest BCUT2D eigenvalue weighted by atomic mass is 16.6. The molecule has 1 amide bonds. The molecular weight excluding hydrogens is 448 g/mol. The highest BCUT2D eigenvalue weighted by Crippen LogP contribution is 2.29. The maximum Gasteiger partial charge on any atom is 0.336 e. The topological polar surface area (TPSA) is 111 Å². The minimum absolute atomic E-state index is 0.0957. The van der Waals surface area contributed by atoms with Crippen molar-refractivity contribution in [3.05, 3.63) is 89.4 Å². The Hall–Kier alpha value is -4.77. The molecule has 1 heterocycles. The van der Waals surface area contributed by atoms with Crippen LogP contribution in [0.5, 0.6) is 17.2 Å². The van der Waals surface area contributed by atoms with E-state index in [1.54, 1.807) is 30.3 Å². The number of hydrogen-bond acceptors (Lipinski definition) is 7. The maximum atomic E-state index is 12.3. The van der Waals surface area contributed by atoms with Gasteiger partial charge in [0.25, 0.3) is 5.91 Å². The quantitative estimate of drug-likeness (QED) is 0.200. The molecule has 178 valence electrons. The lowest BCUT2D eigenvalue weighted by Crippen LogP contribution is -2.23. The fourth-order valence-electron chi connectivity index (χ4n) is 3.00. The second-order valence-corrected chi connectivity index (χ2v) is 7.10. The van der Waals surface area contributed by atoms with Crippen LogP contribution in [0.4, 0.5) is 0 Å². The molecule has 2 aromatic carbocycles. The number of nitrogens with zero attached hydrogens (tertiary/aromatic N) is 1. The summed E-state index contributed by atoms with van der Waals surface area (Å²) in [4.78, 5) is 24.6. The van der Waals surface area contributed by atoms with Gasteiger partial charge in [-0.3, -0.25) is 4.79 Å². The molecule has 0 fully saturated rings. The zero-order chi connectivity index (χ0) is 25.0. The molecule has 0 spiro atoms. The lowest BCUT2D eigenvalue weighted by atomic mass is 10.1. The number of esters is 1. The Morgan fingerprint density at radius 3 is 2.51 bits per heavy atom. The van der Waals surface area contributed by atoms with E-state index < -0.39 is 11.9 Å². The summed E-state index contributed by atoms with van der Waals surface area (Å²) < 4.78 is 21.3. The summed E-state index contributed by atoms with van der Waals surface area (Å²) in [7, 11) is 1.43. The van der Waals surface area contributed by atoms with Crippen molar-refractivity contribution >= 4 is 24.0 Å². The number of nitrogens with one attached hydrogen (secondary N) is 1. The van der Waals surface area contributed by atoms with Crippen LogP contribution in [0, 0.1) is 11.3 Å². The van der Waals surface area contributed by atoms with Crippen LogP contribution in [0.2, 0.25) is 0 Å². The molecule has 0 radical (unpaired) electrons. The molecule has 8 heteroatoms. The van der Waals surface area contributed by atoms with Crippen LogP contribution >= 0.6 is 0 Å². The van der Waals surface area contributed by atoms with Crippen molar-refractivity contribution in [1.29, 1.82) is 5.26 Å². The Kier molecular flexibility index (Phi) is 8.85. The number of hydrogen-bond donors (Lipinski definition) is 1. The number of methoxy groups -OCH3 is 1. The maximum absolute atomic E-state index is 12.3. The van der Waals surface area contributed by atoms with Gasteiger partial charge in [-0.25, -0.2) is 4.79 Å². The number of carbonyl (C=O) groups excluding carboxylic acids is 2. The van der Waals surface area contributed by atoms with Crippen molar-refractivity contribution in [2.75, 3.05) is 13.7 Å². The second kappa shape index (κ2) is 12.5. The Morgan fingerprint density at radius 1 is 1.09 bits per heavy atom. The molecule has 0 aliphatic carbocycles. The first-order valence-corrected chi connectivity index (χ1v) is 10.8. The third-order valence-corrected chi connectivity index (χ3v) is 4.68. The van der Waals surface area contributed by atoms with Gasteiger partial charge in [-0.2, -0.15) is 5.26 Å². The van der Waals surface area contributed by atoms with E-state index in [1.807, 2.05) is 37.3 Å². The minimum Gasteiger partial charge on any atom is -0.494 e. The summed E-state index contributed by atoms with van der Waals surface area (Å²) in [6, 6.07) is 17.3. The van der Waals surface area contributed by atoms with E-state index in [0.29, 0.717) is 17.9 Å². The Balaban J connectivity index is 1.65. The van der Waals surface area contributed by atoms with E-state index in [4.69, 9.17) is 18.6 Å². The van der Waals surface area contributed by atoms with Crippen molar-refractivity contribution in [2.24, 2.45) is 0 Å². The fraction of sp³-hybridized carbons (Fsp3) is 0.148. The monoisotopic (exact) mass is 472 g/mol. The van der Waals surface area contributed by atoms with E-state index in [9.17, 15) is 14.9 Å². The van der Waals surface area contributed by atoms with Gasteiger partial charge in [0.1, 0.15) is 23.2 Å². The molecule has 0 bridgehead atoms. The molecule has 0 saturated heterocycles. The number of nitriles is 1. The third kappa shape index (κ3) is 7.37. The van der Waals surface area contributed by atoms with Crippen LogP contribution in [0.1, 0.15) is 23.8 Å². The number of ether oxygens (including phenoxy) is 3. The first kappa shape index (κ1) is 24.9. The van der Waals surface area contributed by atoms with Crippen LogP contribution in [-0.4, -0.2) is 25.6 Å². The molecule has 0 aliphatic heterocycles. The van der Waals surface area contributed by atoms with Gasteiger partial charge < -0.3 is 23.9 Å². The molecule has 1 N–H and O–H groups in total. The van der Waals surface area contributed by atoms with Crippen LogP contribution < -0.4 is 19.5 Å². The molecular formula is C27H24N2O6. The van der Waals surface area contributed by atoms with Crippen LogP contribution in [0.15, 0.2) is 76.9 Å². The fourth-order valence-corrected chi connectivity index (χ4v) is 3.00. The first-order valence-electron chi connectivity index (χ1n) is 10.8. The Bertz CT molecular complexity index is 1250. The molecule has 8 nitrogen and oxygen atoms in total. The van der Waals surface area contributed by atoms with Gasteiger partial charge in [-0.05, 0) is 66.6 Å². The Labute approximate surface area is 203 Å². The minimum atomic E-state index is -0.588. The molecule has 3 rings (SSSR count). The smallest absolute Gasteiger partial charge is 0.336 e. The third-order valence-electron chi connectivity index (χ3n) is 4.68. The molecule has 0 unspecified atom stereocenters. The zero-order valence-electron chi connectivity index (χ0n) is 19.3. The number of benzene rings is 2. The summed E-state index contributed by atoms with van der Waals surface area (Å²) in [6.45, 7) is 2.64. The number of rotatable bonds is 10. The van der Waals surface area contributed by atoms with Gasteiger partial charge in [0.2, 0.25) is 0 Å². The lowest BCUT2D eigenvalue weighted by molar-refractivity contribution is -0.129. The largest absolute Gasteiger partial charge is 0.494 e. The van der Waals surface area contributed by atoms with Crippen LogP contribution in [0.3, 0.4) is 0 Å². The van der Waals surface area contributed by atoms with E-state index >= 15 is 0 Å². The van der Waals surface area contributed by atoms with Gasteiger partial charge in [0.05, 0.1) is 26.5 Å². The van der Waals surface area contributed by atoms with Crippen molar-refractivity contribution in [3.8, 4) is 23.3 Å². The predicted octanol–water partition coefficient (Wildman–Crippen LogP) is 4.53. The van der Waals surface area contributed by atoms with E-state index in [1.165, 1.54) is 31.6 Å². The first-order chi connectivity index (χ1) is 17.0. The summed E-state index contributed by atoms with van der Waals surface area (Å²) in [5.74, 6) is 0.663. The van der Waals surface area contributed by atoms with Crippen molar-refractivity contribution in [2.45, 2.75) is 13.5 Å². The lowest BCUT2D eigenvalue weighted by Gasteiger charge is -2.09. The van der Waals surface area contributed by atoms with Gasteiger partial charge in [-0.1, -0.05) is 18.2 Å². The average molecular weight is 472 g/mol. The summed E-state index contributed by atoms with van der Waals surface area (Å²) in [5.41, 5.74) is 1.24. The van der Waals surface area contributed by atoms with Gasteiger partial charge in [0, 0.05) is 6.08 Å². The second-order valence-electron chi connectivity index (χ2n) is 7.10. The van der Waals surface area contributed by atoms with E-state index in [2.05, 4.69) is 5.32 Å². The predicted molar refractivity (Wildman–Crippen MR) is 129 cm³/mol. The molecule has 0 aliphatic rings. The van der Waals surface area contributed by atoms with Gasteiger partial charge in [0.15, 0.2) is 11.5 Å². The highest BCUT2D eigenvalue weighted by molar-refractivity contribution is 6.01. The van der Waals surface area contributed by atoms with E-state index in [0.717, 1.165) is 11.3 Å². The van der Waals surface area contributed by atoms with E-state index in [-0.39, 0.29) is 23.6 Å². The molecule has 0 atom stereocenters. The summed E-state index contributed by atoms with van der Waals surface area (Å²) in [5, 5.41) is 12.0. The summed E-state index contributed by atoms with van der Waals surface area (Å²) >= 11 is 0. The molecule has 1 aromatic heterocycles. The van der Waals surface area contributed by atoms with Crippen molar-refractivity contribution in [3.63, 3.8) is 0 Å². The molecule has 35 heavy (non-hydrogen) atoms. The van der Waals surface area contributed by atoms with Crippen molar-refractivity contribution in [1.82, 2.24) is 5.32 Å². The SMILES string of the molecule is CCOc1ccc(/C=C/C(=O)Oc2ccc(/C=C(\C#N)C(=O)NCc3ccco3)cc2OC)cc1.